The molecule has 21 heavy (non-hydrogen) atoms. The molecule has 1 aromatic carbocycles. The highest BCUT2D eigenvalue weighted by molar-refractivity contribution is 5.94. The molecule has 3 rings (SSSR count). The minimum Gasteiger partial charge on any atom is -0.384 e. The van der Waals surface area contributed by atoms with Crippen LogP contribution in [0.1, 0.15) is 19.8 Å². The maximum Gasteiger partial charge on any atom is 0.321 e. The average molecular weight is 289 g/mol. The maximum absolute atomic E-state index is 11.6. The summed E-state index contributed by atoms with van der Waals surface area (Å²) in [4.78, 5) is 13.4. The summed E-state index contributed by atoms with van der Waals surface area (Å²) in [7, 11) is 0. The second kappa shape index (κ2) is 5.93. The van der Waals surface area contributed by atoms with Gasteiger partial charge in [0.25, 0.3) is 0 Å². The molecule has 114 valence electrons. The molecule has 0 bridgehead atoms. The van der Waals surface area contributed by atoms with Crippen molar-refractivity contribution >= 4 is 17.4 Å². The fourth-order valence-corrected chi connectivity index (χ4v) is 2.83. The van der Waals surface area contributed by atoms with Crippen LogP contribution in [0.15, 0.2) is 24.3 Å². The number of nitrogens with one attached hydrogen (secondary N) is 2. The molecule has 1 aromatic rings. The maximum atomic E-state index is 11.6. The topological polar surface area (TPSA) is 53.6 Å². The molecule has 2 amide bonds. The number of nitrogens with zero attached hydrogens (tertiary/aromatic N) is 1. The third kappa shape index (κ3) is 3.29. The molecule has 0 spiro atoms. The van der Waals surface area contributed by atoms with E-state index < -0.39 is 0 Å². The van der Waals surface area contributed by atoms with Gasteiger partial charge in [-0.3, -0.25) is 4.90 Å². The number of urea groups is 1. The first-order chi connectivity index (χ1) is 10.2. The Morgan fingerprint density at radius 3 is 2.62 bits per heavy atom. The quantitative estimate of drug-likeness (QED) is 0.895. The van der Waals surface area contributed by atoms with Gasteiger partial charge in [0.15, 0.2) is 0 Å². The zero-order chi connectivity index (χ0) is 14.7. The summed E-state index contributed by atoms with van der Waals surface area (Å²) in [6.07, 6.45) is 2.21. The van der Waals surface area contributed by atoms with Crippen molar-refractivity contribution in [3.05, 3.63) is 24.3 Å². The Kier molecular flexibility index (Phi) is 4.01. The van der Waals surface area contributed by atoms with E-state index in [0.29, 0.717) is 5.41 Å². The number of hydrogen-bond donors (Lipinski definition) is 2. The van der Waals surface area contributed by atoms with E-state index in [1.165, 1.54) is 0 Å². The molecular weight excluding hydrogens is 266 g/mol. The monoisotopic (exact) mass is 289 g/mol. The molecule has 0 aromatic heterocycles. The van der Waals surface area contributed by atoms with Crippen LogP contribution in [-0.2, 0) is 4.74 Å². The largest absolute Gasteiger partial charge is 0.384 e. The molecule has 0 unspecified atom stereocenters. The van der Waals surface area contributed by atoms with Crippen molar-refractivity contribution < 1.29 is 9.53 Å². The van der Waals surface area contributed by atoms with Crippen molar-refractivity contribution in [2.24, 2.45) is 5.41 Å². The molecule has 2 saturated heterocycles. The molecule has 5 heteroatoms. The van der Waals surface area contributed by atoms with Gasteiger partial charge in [0.05, 0.1) is 0 Å². The first-order valence-electron chi connectivity index (χ1n) is 7.63. The van der Waals surface area contributed by atoms with E-state index in [0.717, 1.165) is 57.1 Å². The lowest BCUT2D eigenvalue weighted by atomic mass is 9.82. The number of ether oxygens (including phenoxy) is 1. The minimum atomic E-state index is -0.00886. The molecule has 0 atom stereocenters. The minimum absolute atomic E-state index is 0.00886. The third-order valence-corrected chi connectivity index (χ3v) is 4.45. The van der Waals surface area contributed by atoms with Gasteiger partial charge in [-0.2, -0.15) is 0 Å². The fourth-order valence-electron chi connectivity index (χ4n) is 2.83. The second-order valence-corrected chi connectivity index (χ2v) is 6.21. The number of anilines is 2. The van der Waals surface area contributed by atoms with Gasteiger partial charge in [-0.05, 0) is 42.5 Å². The number of amides is 2. The van der Waals surface area contributed by atoms with Gasteiger partial charge in [-0.25, -0.2) is 4.79 Å². The van der Waals surface area contributed by atoms with Gasteiger partial charge in [-0.15, -0.1) is 0 Å². The molecule has 2 aliphatic rings. The van der Waals surface area contributed by atoms with E-state index in [4.69, 9.17) is 4.74 Å². The summed E-state index contributed by atoms with van der Waals surface area (Å²) in [5, 5.41) is 6.32. The predicted molar refractivity (Wildman–Crippen MR) is 83.8 cm³/mol. The average Bonchev–Trinajstić information content (AvgIpc) is 2.93. The van der Waals surface area contributed by atoms with Crippen molar-refractivity contribution in [2.75, 3.05) is 43.1 Å². The van der Waals surface area contributed by atoms with Gasteiger partial charge in [0, 0.05) is 44.2 Å². The van der Waals surface area contributed by atoms with Crippen LogP contribution in [0.3, 0.4) is 0 Å². The number of benzene rings is 1. The first-order valence-corrected chi connectivity index (χ1v) is 7.63. The zero-order valence-corrected chi connectivity index (χ0v) is 12.5. The number of rotatable bonds is 4. The SMILES string of the molecule is CC1(CNc2ccc(N3CCNC3=O)cc2)CCOCC1. The molecule has 2 fully saturated rings. The van der Waals surface area contributed by atoms with Crippen LogP contribution in [0.5, 0.6) is 0 Å². The normalized spacial score (nSPS) is 21.2. The highest BCUT2D eigenvalue weighted by atomic mass is 16.5. The lowest BCUT2D eigenvalue weighted by Gasteiger charge is -2.34. The van der Waals surface area contributed by atoms with Crippen LogP contribution in [0, 0.1) is 5.41 Å². The summed E-state index contributed by atoms with van der Waals surface area (Å²) in [5.41, 5.74) is 2.37. The van der Waals surface area contributed by atoms with Gasteiger partial charge in [-0.1, -0.05) is 6.92 Å². The smallest absolute Gasteiger partial charge is 0.321 e. The molecule has 5 nitrogen and oxygen atoms in total. The number of carbonyl (C=O) groups is 1. The standard InChI is InChI=1S/C16H23N3O2/c1-16(6-10-21-11-7-16)12-18-13-2-4-14(5-3-13)19-9-8-17-15(19)20/h2-5,18H,6-12H2,1H3,(H,17,20). The Bertz CT molecular complexity index is 495. The van der Waals surface area contributed by atoms with Crippen LogP contribution in [0.2, 0.25) is 0 Å². The van der Waals surface area contributed by atoms with E-state index in [1.54, 1.807) is 4.90 Å². The number of hydrogen-bond acceptors (Lipinski definition) is 3. The van der Waals surface area contributed by atoms with E-state index in [-0.39, 0.29) is 6.03 Å². The Morgan fingerprint density at radius 2 is 2.00 bits per heavy atom. The van der Waals surface area contributed by atoms with Gasteiger partial charge >= 0.3 is 6.03 Å². The Hall–Kier alpha value is -1.75. The number of carbonyl (C=O) groups excluding carboxylic acids is 1. The summed E-state index contributed by atoms with van der Waals surface area (Å²) < 4.78 is 5.43. The predicted octanol–water partition coefficient (Wildman–Crippen LogP) is 2.44. The zero-order valence-electron chi connectivity index (χ0n) is 12.5. The Balaban J connectivity index is 1.58. The molecule has 2 aliphatic heterocycles. The van der Waals surface area contributed by atoms with Gasteiger partial charge in [0.2, 0.25) is 0 Å². The van der Waals surface area contributed by atoms with Crippen LogP contribution >= 0.6 is 0 Å². The van der Waals surface area contributed by atoms with Crippen molar-refractivity contribution in [1.29, 1.82) is 0 Å². The van der Waals surface area contributed by atoms with Crippen molar-refractivity contribution in [1.82, 2.24) is 5.32 Å². The first kappa shape index (κ1) is 14.2. The van der Waals surface area contributed by atoms with Crippen molar-refractivity contribution in [3.8, 4) is 0 Å². The van der Waals surface area contributed by atoms with E-state index in [2.05, 4.69) is 17.6 Å². The van der Waals surface area contributed by atoms with E-state index >= 15 is 0 Å². The second-order valence-electron chi connectivity index (χ2n) is 6.21. The summed E-state index contributed by atoms with van der Waals surface area (Å²) in [6, 6.07) is 8.08. The van der Waals surface area contributed by atoms with Crippen LogP contribution < -0.4 is 15.5 Å². The van der Waals surface area contributed by atoms with E-state index in [9.17, 15) is 4.79 Å². The Labute approximate surface area is 125 Å². The highest BCUT2D eigenvalue weighted by Gasteiger charge is 2.27. The van der Waals surface area contributed by atoms with Gasteiger partial charge < -0.3 is 15.4 Å². The summed E-state index contributed by atoms with van der Waals surface area (Å²) in [5.74, 6) is 0. The van der Waals surface area contributed by atoms with Crippen LogP contribution in [-0.4, -0.2) is 38.9 Å². The van der Waals surface area contributed by atoms with Crippen molar-refractivity contribution in [3.63, 3.8) is 0 Å². The van der Waals surface area contributed by atoms with Crippen LogP contribution in [0.25, 0.3) is 0 Å². The van der Waals surface area contributed by atoms with Gasteiger partial charge in [0.1, 0.15) is 0 Å². The molecular formula is C16H23N3O2. The van der Waals surface area contributed by atoms with E-state index in [1.807, 2.05) is 24.3 Å². The van der Waals surface area contributed by atoms with Crippen LogP contribution in [0.4, 0.5) is 16.2 Å². The van der Waals surface area contributed by atoms with Crippen molar-refractivity contribution in [2.45, 2.75) is 19.8 Å². The molecule has 0 radical (unpaired) electrons. The molecule has 2 N–H and O–H groups in total. The highest BCUT2D eigenvalue weighted by Crippen LogP contribution is 2.30. The fraction of sp³-hybridized carbons (Fsp3) is 0.562. The third-order valence-electron chi connectivity index (χ3n) is 4.45. The summed E-state index contributed by atoms with van der Waals surface area (Å²) in [6.45, 7) is 6.46. The lowest BCUT2D eigenvalue weighted by molar-refractivity contribution is 0.0300. The lowest BCUT2D eigenvalue weighted by Crippen LogP contribution is -2.33. The summed E-state index contributed by atoms with van der Waals surface area (Å²) >= 11 is 0. The molecule has 0 aliphatic carbocycles. The molecule has 2 heterocycles. The molecule has 0 saturated carbocycles. The Morgan fingerprint density at radius 1 is 1.29 bits per heavy atom.